The molecule has 0 bridgehead atoms. The van der Waals surface area contributed by atoms with E-state index in [0.717, 1.165) is 37.5 Å². The van der Waals surface area contributed by atoms with Crippen molar-refractivity contribution in [2.24, 2.45) is 0 Å². The van der Waals surface area contributed by atoms with Crippen molar-refractivity contribution in [3.63, 3.8) is 0 Å². The molecule has 1 heterocycles. The van der Waals surface area contributed by atoms with Crippen LogP contribution in [0.1, 0.15) is 54.3 Å². The van der Waals surface area contributed by atoms with Crippen molar-refractivity contribution >= 4 is 10.0 Å². The number of sulfonamides is 1. The monoisotopic (exact) mass is 432 g/mol. The molecule has 30 heavy (non-hydrogen) atoms. The maximum Gasteiger partial charge on any atom is 0.254 e. The number of ether oxygens (including phenoxy) is 1. The molecule has 6 nitrogen and oxygen atoms in total. The molecule has 7 heteroatoms. The second-order valence-corrected chi connectivity index (χ2v) is 10.2. The molecule has 2 aromatic rings. The number of pyridine rings is 1. The minimum atomic E-state index is -3.36. The van der Waals surface area contributed by atoms with E-state index in [9.17, 15) is 13.2 Å². The van der Waals surface area contributed by atoms with Gasteiger partial charge in [0.15, 0.2) is 0 Å². The van der Waals surface area contributed by atoms with Gasteiger partial charge >= 0.3 is 0 Å². The highest BCUT2D eigenvalue weighted by molar-refractivity contribution is 7.88. The molecule has 0 radical (unpaired) electrons. The molecule has 0 saturated heterocycles. The van der Waals surface area contributed by atoms with Crippen molar-refractivity contribution in [2.75, 3.05) is 19.4 Å². The first-order valence-electron chi connectivity index (χ1n) is 10.5. The fraction of sp³-hybridized carbons (Fsp3) is 0.522. The number of nitrogens with zero attached hydrogens (tertiary/aromatic N) is 1. The summed E-state index contributed by atoms with van der Waals surface area (Å²) in [5.74, 6) is 0.566. The molecule has 1 aliphatic rings. The van der Waals surface area contributed by atoms with Gasteiger partial charge in [0.25, 0.3) is 5.56 Å². The predicted octanol–water partition coefficient (Wildman–Crippen LogP) is 3.30. The molecule has 1 atom stereocenters. The third-order valence-electron chi connectivity index (χ3n) is 6.08. The Balaban J connectivity index is 1.64. The van der Waals surface area contributed by atoms with Gasteiger partial charge in [-0.15, -0.1) is 0 Å². The average Bonchev–Trinajstić information content (AvgIpc) is 2.73. The number of nitrogens with one attached hydrogen (secondary N) is 1. The smallest absolute Gasteiger partial charge is 0.254 e. The molecule has 1 N–H and O–H groups in total. The number of hydrogen-bond acceptors (Lipinski definition) is 4. The van der Waals surface area contributed by atoms with E-state index < -0.39 is 16.1 Å². The fourth-order valence-electron chi connectivity index (χ4n) is 4.05. The first kappa shape index (κ1) is 22.7. The average molecular weight is 433 g/mol. The third-order valence-corrected chi connectivity index (χ3v) is 6.77. The largest absolute Gasteiger partial charge is 0.376 e. The van der Waals surface area contributed by atoms with Crippen LogP contribution in [0.5, 0.6) is 0 Å². The fourth-order valence-corrected chi connectivity index (χ4v) is 4.55. The van der Waals surface area contributed by atoms with E-state index in [1.807, 2.05) is 19.1 Å². The Morgan fingerprint density at radius 1 is 1.10 bits per heavy atom. The molecule has 0 amide bonds. The highest BCUT2D eigenvalue weighted by Crippen LogP contribution is 2.34. The lowest BCUT2D eigenvalue weighted by molar-refractivity contribution is 0.00733. The predicted molar refractivity (Wildman–Crippen MR) is 119 cm³/mol. The van der Waals surface area contributed by atoms with E-state index in [2.05, 4.69) is 29.0 Å². The van der Waals surface area contributed by atoms with Crippen LogP contribution in [0.2, 0.25) is 0 Å². The molecule has 1 aromatic heterocycles. The molecule has 164 valence electrons. The van der Waals surface area contributed by atoms with Crippen LogP contribution in [0.25, 0.3) is 0 Å². The van der Waals surface area contributed by atoms with Gasteiger partial charge in [-0.3, -0.25) is 4.79 Å². The number of rotatable bonds is 8. The zero-order valence-electron chi connectivity index (χ0n) is 18.0. The second kappa shape index (κ2) is 9.90. The molecular formula is C23H32N2O4S. The summed E-state index contributed by atoms with van der Waals surface area (Å²) < 4.78 is 33.5. The lowest BCUT2D eigenvalue weighted by Crippen LogP contribution is -2.38. The molecule has 1 aromatic carbocycles. The summed E-state index contributed by atoms with van der Waals surface area (Å²) >= 11 is 0. The molecule has 1 unspecified atom stereocenters. The summed E-state index contributed by atoms with van der Waals surface area (Å²) in [4.78, 5) is 12.7. The first-order chi connectivity index (χ1) is 14.2. The quantitative estimate of drug-likeness (QED) is 0.694. The van der Waals surface area contributed by atoms with E-state index in [1.54, 1.807) is 17.7 Å². The Hall–Kier alpha value is -1.96. The molecule has 3 rings (SSSR count). The molecular weight excluding hydrogens is 400 g/mol. The lowest BCUT2D eigenvalue weighted by Gasteiger charge is -2.30. The van der Waals surface area contributed by atoms with Gasteiger partial charge in [0.1, 0.15) is 0 Å². The Kier molecular flexibility index (Phi) is 7.50. The minimum Gasteiger partial charge on any atom is -0.376 e. The van der Waals surface area contributed by atoms with Crippen LogP contribution in [0, 0.1) is 13.8 Å². The van der Waals surface area contributed by atoms with E-state index in [4.69, 9.17) is 4.74 Å². The van der Waals surface area contributed by atoms with Crippen molar-refractivity contribution in [3.8, 4) is 0 Å². The van der Waals surface area contributed by atoms with E-state index in [1.165, 1.54) is 5.56 Å². The Labute approximate surface area is 179 Å². The van der Waals surface area contributed by atoms with Gasteiger partial charge in [0, 0.05) is 18.3 Å². The van der Waals surface area contributed by atoms with Crippen LogP contribution in [-0.4, -0.2) is 38.5 Å². The van der Waals surface area contributed by atoms with Gasteiger partial charge in [-0.05, 0) is 62.6 Å². The summed E-state index contributed by atoms with van der Waals surface area (Å²) in [5.41, 5.74) is 2.87. The second-order valence-electron chi connectivity index (χ2n) is 8.33. The van der Waals surface area contributed by atoms with Crippen LogP contribution in [0.15, 0.2) is 47.4 Å². The Bertz CT molecular complexity index is 994. The number of hydrogen-bond donors (Lipinski definition) is 1. The maximum absolute atomic E-state index is 12.7. The lowest BCUT2D eigenvalue weighted by atomic mass is 9.83. The van der Waals surface area contributed by atoms with Gasteiger partial charge in [-0.1, -0.05) is 30.3 Å². The first-order valence-corrected chi connectivity index (χ1v) is 12.4. The summed E-state index contributed by atoms with van der Waals surface area (Å²) in [6, 6.07) is 12.1. The van der Waals surface area contributed by atoms with Crippen LogP contribution < -0.4 is 10.3 Å². The highest BCUT2D eigenvalue weighted by Gasteiger charge is 2.24. The summed E-state index contributed by atoms with van der Waals surface area (Å²) in [5, 5.41) is 0. The normalized spacial score (nSPS) is 20.8. The Morgan fingerprint density at radius 3 is 2.40 bits per heavy atom. The zero-order valence-corrected chi connectivity index (χ0v) is 18.8. The van der Waals surface area contributed by atoms with Crippen LogP contribution in [0.3, 0.4) is 0 Å². The maximum atomic E-state index is 12.7. The van der Waals surface area contributed by atoms with Crippen LogP contribution in [0.4, 0.5) is 0 Å². The Morgan fingerprint density at radius 2 is 1.77 bits per heavy atom. The van der Waals surface area contributed by atoms with Gasteiger partial charge in [-0.25, -0.2) is 13.1 Å². The number of benzene rings is 1. The minimum absolute atomic E-state index is 0.105. The van der Waals surface area contributed by atoms with Crippen molar-refractivity contribution in [2.45, 2.75) is 57.6 Å². The molecule has 1 saturated carbocycles. The van der Waals surface area contributed by atoms with Gasteiger partial charge in [0.2, 0.25) is 10.0 Å². The molecule has 0 spiro atoms. The standard InChI is InChI=1S/C23H32N2O4S/c1-17-13-14-25(23(26)18(17)2)21(15-24-30(3,27)28)16-29-22-11-9-20(10-12-22)19-7-5-4-6-8-19/h4-8,13-14,20-22,24H,9-12,15-16H2,1-3H3. The van der Waals surface area contributed by atoms with Gasteiger partial charge < -0.3 is 9.30 Å². The summed E-state index contributed by atoms with van der Waals surface area (Å²) in [7, 11) is -3.36. The van der Waals surface area contributed by atoms with Crippen LogP contribution >= 0.6 is 0 Å². The van der Waals surface area contributed by atoms with Gasteiger partial charge in [0.05, 0.1) is 25.0 Å². The molecule has 1 aliphatic carbocycles. The van der Waals surface area contributed by atoms with Gasteiger partial charge in [-0.2, -0.15) is 0 Å². The number of aromatic nitrogens is 1. The van der Waals surface area contributed by atoms with E-state index in [-0.39, 0.29) is 18.2 Å². The van der Waals surface area contributed by atoms with E-state index >= 15 is 0 Å². The SMILES string of the molecule is Cc1ccn(C(CNS(C)(=O)=O)COC2CCC(c3ccccc3)CC2)c(=O)c1C. The highest BCUT2D eigenvalue weighted by atomic mass is 32.2. The number of aryl methyl sites for hydroxylation is 1. The van der Waals surface area contributed by atoms with E-state index in [0.29, 0.717) is 18.1 Å². The summed E-state index contributed by atoms with van der Waals surface area (Å²) in [6.45, 7) is 4.11. The molecule has 0 aliphatic heterocycles. The van der Waals surface area contributed by atoms with Crippen molar-refractivity contribution in [3.05, 3.63) is 69.6 Å². The van der Waals surface area contributed by atoms with Crippen molar-refractivity contribution in [1.29, 1.82) is 0 Å². The van der Waals surface area contributed by atoms with Crippen LogP contribution in [-0.2, 0) is 14.8 Å². The van der Waals surface area contributed by atoms with Crippen molar-refractivity contribution in [1.82, 2.24) is 9.29 Å². The topological polar surface area (TPSA) is 77.4 Å². The third kappa shape index (κ3) is 6.03. The molecule has 1 fully saturated rings. The van der Waals surface area contributed by atoms with Crippen molar-refractivity contribution < 1.29 is 13.2 Å². The summed E-state index contributed by atoms with van der Waals surface area (Å²) in [6.07, 6.45) is 7.07. The zero-order chi connectivity index (χ0) is 21.7.